The average Bonchev–Trinajstić information content (AvgIpc) is 2.07. The monoisotopic (exact) mass is 191 g/mol. The molecule has 0 rings (SSSR count). The fourth-order valence-electron chi connectivity index (χ4n) is 0.483. The molecular formula is C9H18ClNO. The third-order valence-electron chi connectivity index (χ3n) is 1.39. The first-order valence-electron chi connectivity index (χ1n) is 3.97. The zero-order chi connectivity index (χ0) is 10.1. The van der Waals surface area contributed by atoms with Crippen LogP contribution in [0.4, 0.5) is 0 Å². The van der Waals surface area contributed by atoms with Gasteiger partial charge in [-0.3, -0.25) is 0 Å². The highest BCUT2D eigenvalue weighted by atomic mass is 35.5. The minimum atomic E-state index is 0.428. The highest BCUT2D eigenvalue weighted by Crippen LogP contribution is 2.14. The van der Waals surface area contributed by atoms with Crippen LogP contribution in [-0.4, -0.2) is 11.8 Å². The predicted molar refractivity (Wildman–Crippen MR) is 54.5 cm³/mol. The first kappa shape index (κ1) is 14.2. The summed E-state index contributed by atoms with van der Waals surface area (Å²) in [6, 6.07) is 0. The summed E-state index contributed by atoms with van der Waals surface area (Å²) in [6.07, 6.45) is 0. The second kappa shape index (κ2) is 8.78. The average molecular weight is 192 g/mol. The smallest absolute Gasteiger partial charge is 0.0421 e. The van der Waals surface area contributed by atoms with Gasteiger partial charge in [0, 0.05) is 11.6 Å². The molecule has 2 N–H and O–H groups in total. The fraction of sp³-hybridized carbons (Fsp3) is 0.556. The van der Waals surface area contributed by atoms with Gasteiger partial charge in [0.25, 0.3) is 0 Å². The molecule has 0 bridgehead atoms. The standard InChI is InChI=1S/C7H12ClNO.C2H6/c1-5(4-9-10)6(2)7(3)8;1-2/h9-10H,3-4H2,1-2H3;1-2H3/b6-5-;. The van der Waals surface area contributed by atoms with Crippen molar-refractivity contribution in [3.63, 3.8) is 0 Å². The van der Waals surface area contributed by atoms with Crippen LogP contribution in [0.3, 0.4) is 0 Å². The summed E-state index contributed by atoms with van der Waals surface area (Å²) in [7, 11) is 0. The Hall–Kier alpha value is -0.310. The Kier molecular flexibility index (Phi) is 10.4. The van der Waals surface area contributed by atoms with E-state index in [0.717, 1.165) is 11.1 Å². The van der Waals surface area contributed by atoms with Gasteiger partial charge >= 0.3 is 0 Å². The molecular weight excluding hydrogens is 174 g/mol. The van der Waals surface area contributed by atoms with Gasteiger partial charge in [-0.25, -0.2) is 5.48 Å². The number of hydrogen-bond donors (Lipinski definition) is 2. The fourth-order valence-corrected chi connectivity index (χ4v) is 0.644. The lowest BCUT2D eigenvalue weighted by Gasteiger charge is -2.03. The third-order valence-corrected chi connectivity index (χ3v) is 1.67. The summed E-state index contributed by atoms with van der Waals surface area (Å²) >= 11 is 5.60. The molecule has 0 amide bonds. The first-order chi connectivity index (χ1) is 5.59. The Balaban J connectivity index is 0. The summed E-state index contributed by atoms with van der Waals surface area (Å²) in [5.74, 6) is 0. The number of rotatable bonds is 3. The van der Waals surface area contributed by atoms with Crippen molar-refractivity contribution >= 4 is 11.6 Å². The third kappa shape index (κ3) is 6.40. The van der Waals surface area contributed by atoms with E-state index >= 15 is 0 Å². The second-order valence-corrected chi connectivity index (χ2v) is 2.60. The van der Waals surface area contributed by atoms with Crippen LogP contribution in [-0.2, 0) is 0 Å². The molecule has 72 valence electrons. The van der Waals surface area contributed by atoms with E-state index in [1.54, 1.807) is 0 Å². The number of hydrogen-bond acceptors (Lipinski definition) is 2. The van der Waals surface area contributed by atoms with E-state index in [9.17, 15) is 0 Å². The predicted octanol–water partition coefficient (Wildman–Crippen LogP) is 3.08. The van der Waals surface area contributed by atoms with Gasteiger partial charge in [0.15, 0.2) is 0 Å². The zero-order valence-electron chi connectivity index (χ0n) is 8.24. The van der Waals surface area contributed by atoms with Crippen LogP contribution in [0.1, 0.15) is 27.7 Å². The Labute approximate surface area is 79.9 Å². The van der Waals surface area contributed by atoms with Crippen LogP contribution in [0.5, 0.6) is 0 Å². The lowest BCUT2D eigenvalue weighted by molar-refractivity contribution is 0.177. The molecule has 0 aromatic rings. The summed E-state index contributed by atoms with van der Waals surface area (Å²) in [5, 5.41) is 8.83. The topological polar surface area (TPSA) is 32.3 Å². The van der Waals surface area contributed by atoms with Crippen LogP contribution in [0.25, 0.3) is 0 Å². The van der Waals surface area contributed by atoms with Crippen LogP contribution < -0.4 is 5.48 Å². The van der Waals surface area contributed by atoms with E-state index in [2.05, 4.69) is 6.58 Å². The Bertz CT molecular complexity index is 164. The molecule has 0 aromatic heterocycles. The van der Waals surface area contributed by atoms with Crippen LogP contribution in [0.15, 0.2) is 22.8 Å². The van der Waals surface area contributed by atoms with Crippen molar-refractivity contribution in [1.82, 2.24) is 5.48 Å². The Morgan fingerprint density at radius 1 is 1.42 bits per heavy atom. The van der Waals surface area contributed by atoms with Crippen molar-refractivity contribution in [2.75, 3.05) is 6.54 Å². The molecule has 0 saturated carbocycles. The SMILES string of the molecule is C=C(Cl)/C(C)=C(/C)CNO.CC. The van der Waals surface area contributed by atoms with Gasteiger partial charge in [0.05, 0.1) is 0 Å². The Morgan fingerprint density at radius 2 is 1.83 bits per heavy atom. The number of allylic oxidation sites excluding steroid dienone is 2. The molecule has 0 fully saturated rings. The van der Waals surface area contributed by atoms with Crippen LogP contribution >= 0.6 is 11.6 Å². The normalized spacial score (nSPS) is 11.2. The van der Waals surface area contributed by atoms with Crippen molar-refractivity contribution in [2.24, 2.45) is 0 Å². The molecule has 0 saturated heterocycles. The quantitative estimate of drug-likeness (QED) is 0.531. The largest absolute Gasteiger partial charge is 0.317 e. The maximum atomic E-state index is 8.31. The van der Waals surface area contributed by atoms with E-state index in [4.69, 9.17) is 16.8 Å². The second-order valence-electron chi connectivity index (χ2n) is 2.15. The maximum Gasteiger partial charge on any atom is 0.0421 e. The maximum absolute atomic E-state index is 8.31. The van der Waals surface area contributed by atoms with Crippen molar-refractivity contribution in [3.8, 4) is 0 Å². The zero-order valence-corrected chi connectivity index (χ0v) is 9.00. The molecule has 0 unspecified atom stereocenters. The lowest BCUT2D eigenvalue weighted by atomic mass is 10.1. The number of nitrogens with one attached hydrogen (secondary N) is 1. The van der Waals surface area contributed by atoms with Gasteiger partial charge in [-0.2, -0.15) is 0 Å². The number of hydroxylamine groups is 1. The minimum absolute atomic E-state index is 0.428. The van der Waals surface area contributed by atoms with Crippen molar-refractivity contribution < 1.29 is 5.21 Å². The molecule has 0 aliphatic rings. The van der Waals surface area contributed by atoms with E-state index in [0.29, 0.717) is 11.6 Å². The van der Waals surface area contributed by atoms with Crippen molar-refractivity contribution in [3.05, 3.63) is 22.8 Å². The van der Waals surface area contributed by atoms with Gasteiger partial charge < -0.3 is 5.21 Å². The highest BCUT2D eigenvalue weighted by molar-refractivity contribution is 6.31. The van der Waals surface area contributed by atoms with Gasteiger partial charge in [0.2, 0.25) is 0 Å². The molecule has 0 heterocycles. The molecule has 3 heteroatoms. The molecule has 0 aliphatic heterocycles. The van der Waals surface area contributed by atoms with E-state index < -0.39 is 0 Å². The summed E-state index contributed by atoms with van der Waals surface area (Å²) in [6.45, 7) is 11.7. The molecule has 12 heavy (non-hydrogen) atoms. The summed E-state index contributed by atoms with van der Waals surface area (Å²) < 4.78 is 0. The van der Waals surface area contributed by atoms with Crippen LogP contribution in [0, 0.1) is 0 Å². The lowest BCUT2D eigenvalue weighted by Crippen LogP contribution is -2.10. The van der Waals surface area contributed by atoms with Gasteiger partial charge in [-0.15, -0.1) is 0 Å². The van der Waals surface area contributed by atoms with E-state index in [1.807, 2.05) is 33.2 Å². The molecule has 2 nitrogen and oxygen atoms in total. The number of halogens is 1. The molecule has 0 radical (unpaired) electrons. The van der Waals surface area contributed by atoms with E-state index in [-0.39, 0.29) is 0 Å². The van der Waals surface area contributed by atoms with Crippen molar-refractivity contribution in [2.45, 2.75) is 27.7 Å². The van der Waals surface area contributed by atoms with E-state index in [1.165, 1.54) is 0 Å². The molecule has 0 spiro atoms. The minimum Gasteiger partial charge on any atom is -0.317 e. The van der Waals surface area contributed by atoms with Crippen molar-refractivity contribution in [1.29, 1.82) is 0 Å². The van der Waals surface area contributed by atoms with Gasteiger partial charge in [-0.1, -0.05) is 37.6 Å². The van der Waals surface area contributed by atoms with Crippen LogP contribution in [0.2, 0.25) is 0 Å². The van der Waals surface area contributed by atoms with Gasteiger partial charge in [0.1, 0.15) is 0 Å². The molecule has 0 aromatic carbocycles. The summed E-state index contributed by atoms with van der Waals surface area (Å²) in [5.41, 5.74) is 3.95. The molecule has 0 aliphatic carbocycles. The highest BCUT2D eigenvalue weighted by Gasteiger charge is 1.97. The molecule has 0 atom stereocenters. The Morgan fingerprint density at radius 3 is 2.08 bits per heavy atom. The van der Waals surface area contributed by atoms with Gasteiger partial charge in [-0.05, 0) is 19.4 Å². The first-order valence-corrected chi connectivity index (χ1v) is 4.35. The summed E-state index contributed by atoms with van der Waals surface area (Å²) in [4.78, 5) is 0.